The van der Waals surface area contributed by atoms with Crippen molar-refractivity contribution < 1.29 is 8.42 Å². The molecule has 0 radical (unpaired) electrons. The number of benzene rings is 2. The van der Waals surface area contributed by atoms with Crippen molar-refractivity contribution in [1.29, 1.82) is 0 Å². The van der Waals surface area contributed by atoms with Gasteiger partial charge in [0.2, 0.25) is 10.0 Å². The number of hydrogen-bond acceptors (Lipinski definition) is 3. The van der Waals surface area contributed by atoms with Crippen molar-refractivity contribution in [3.05, 3.63) is 57.5 Å². The van der Waals surface area contributed by atoms with Gasteiger partial charge in [0.15, 0.2) is 0 Å². The van der Waals surface area contributed by atoms with Crippen LogP contribution in [-0.4, -0.2) is 8.42 Å². The molecule has 0 amide bonds. The Morgan fingerprint density at radius 3 is 2.62 bits per heavy atom. The highest BCUT2D eigenvalue weighted by atomic mass is 79.9. The number of anilines is 1. The summed E-state index contributed by atoms with van der Waals surface area (Å²) < 4.78 is 23.7. The van der Waals surface area contributed by atoms with E-state index in [0.717, 1.165) is 15.7 Å². The largest absolute Gasteiger partial charge is 0.377 e. The summed E-state index contributed by atoms with van der Waals surface area (Å²) in [7, 11) is -3.71. The summed E-state index contributed by atoms with van der Waals surface area (Å²) in [5, 5.41) is 8.99. The molecule has 0 bridgehead atoms. The van der Waals surface area contributed by atoms with Crippen LogP contribution in [0.4, 0.5) is 5.69 Å². The summed E-state index contributed by atoms with van der Waals surface area (Å²) in [4.78, 5) is 0.0917. The van der Waals surface area contributed by atoms with Crippen LogP contribution >= 0.6 is 27.5 Å². The standard InChI is InChI=1S/C14H14BrClN2O2S/c1-9(18-14-8-11(15)5-6-13(14)16)10-3-2-4-12(7-10)21(17,19)20/h2-9,18H,1H3,(H2,17,19,20). The molecule has 0 aliphatic rings. The maximum Gasteiger partial charge on any atom is 0.238 e. The summed E-state index contributed by atoms with van der Waals surface area (Å²) in [5.74, 6) is 0. The van der Waals surface area contributed by atoms with E-state index in [4.69, 9.17) is 16.7 Å². The average molecular weight is 390 g/mol. The summed E-state index contributed by atoms with van der Waals surface area (Å²) in [5.41, 5.74) is 1.57. The number of halogens is 2. The quantitative estimate of drug-likeness (QED) is 0.832. The van der Waals surface area contributed by atoms with Crippen LogP contribution in [0, 0.1) is 0 Å². The number of rotatable bonds is 4. The highest BCUT2D eigenvalue weighted by Gasteiger charge is 2.12. The van der Waals surface area contributed by atoms with Crippen molar-refractivity contribution in [3.63, 3.8) is 0 Å². The molecule has 0 saturated heterocycles. The van der Waals surface area contributed by atoms with E-state index in [2.05, 4.69) is 21.2 Å². The maximum absolute atomic E-state index is 11.4. The van der Waals surface area contributed by atoms with Crippen LogP contribution in [0.25, 0.3) is 0 Å². The molecule has 0 spiro atoms. The van der Waals surface area contributed by atoms with Crippen molar-refractivity contribution in [2.45, 2.75) is 17.9 Å². The third kappa shape index (κ3) is 4.20. The van der Waals surface area contributed by atoms with Gasteiger partial charge < -0.3 is 5.32 Å². The lowest BCUT2D eigenvalue weighted by atomic mass is 10.1. The molecule has 2 rings (SSSR count). The first-order valence-corrected chi connectivity index (χ1v) is 8.83. The fraction of sp³-hybridized carbons (Fsp3) is 0.143. The molecule has 3 N–H and O–H groups in total. The Morgan fingerprint density at radius 1 is 1.24 bits per heavy atom. The van der Waals surface area contributed by atoms with Gasteiger partial charge in [-0.25, -0.2) is 13.6 Å². The molecule has 4 nitrogen and oxygen atoms in total. The lowest BCUT2D eigenvalue weighted by Gasteiger charge is -2.17. The zero-order chi connectivity index (χ0) is 15.6. The number of nitrogens with two attached hydrogens (primary N) is 1. The number of primary sulfonamides is 1. The molecule has 0 aromatic heterocycles. The molecule has 0 aliphatic heterocycles. The first-order chi connectivity index (χ1) is 9.77. The van der Waals surface area contributed by atoms with E-state index in [0.29, 0.717) is 5.02 Å². The van der Waals surface area contributed by atoms with E-state index in [1.807, 2.05) is 25.1 Å². The first kappa shape index (κ1) is 16.3. The minimum Gasteiger partial charge on any atom is -0.377 e. The molecule has 0 heterocycles. The Bertz CT molecular complexity index is 765. The van der Waals surface area contributed by atoms with Gasteiger partial charge in [0.05, 0.1) is 15.6 Å². The molecule has 0 saturated carbocycles. The van der Waals surface area contributed by atoms with Crippen LogP contribution in [0.1, 0.15) is 18.5 Å². The van der Waals surface area contributed by atoms with Crippen LogP contribution in [0.5, 0.6) is 0 Å². The molecule has 1 atom stereocenters. The summed E-state index contributed by atoms with van der Waals surface area (Å²) in [6.07, 6.45) is 0. The Balaban J connectivity index is 2.28. The molecule has 21 heavy (non-hydrogen) atoms. The Labute approximate surface area is 137 Å². The fourth-order valence-corrected chi connectivity index (χ4v) is 2.99. The van der Waals surface area contributed by atoms with E-state index < -0.39 is 10.0 Å². The second kappa shape index (κ2) is 6.36. The number of sulfonamides is 1. The van der Waals surface area contributed by atoms with Crippen LogP contribution in [0.15, 0.2) is 51.8 Å². The maximum atomic E-state index is 11.4. The Hall–Kier alpha value is -1.08. The summed E-state index contributed by atoms with van der Waals surface area (Å²) in [6, 6.07) is 11.9. The summed E-state index contributed by atoms with van der Waals surface area (Å²) >= 11 is 9.52. The van der Waals surface area contributed by atoms with Crippen molar-refractivity contribution in [2.75, 3.05) is 5.32 Å². The van der Waals surface area contributed by atoms with Crippen LogP contribution in [-0.2, 0) is 10.0 Å². The second-order valence-electron chi connectivity index (χ2n) is 4.61. The Morgan fingerprint density at radius 2 is 1.95 bits per heavy atom. The van der Waals surface area contributed by atoms with Gasteiger partial charge in [-0.3, -0.25) is 0 Å². The average Bonchev–Trinajstić information content (AvgIpc) is 2.42. The van der Waals surface area contributed by atoms with Crippen molar-refractivity contribution >= 4 is 43.2 Å². The van der Waals surface area contributed by atoms with Crippen molar-refractivity contribution in [1.82, 2.24) is 0 Å². The number of nitrogens with one attached hydrogen (secondary N) is 1. The molecule has 0 fully saturated rings. The molecular weight excluding hydrogens is 376 g/mol. The third-order valence-electron chi connectivity index (χ3n) is 2.99. The monoisotopic (exact) mass is 388 g/mol. The predicted octanol–water partition coefficient (Wildman–Crippen LogP) is 3.92. The molecular formula is C14H14BrClN2O2S. The smallest absolute Gasteiger partial charge is 0.238 e. The molecule has 2 aromatic carbocycles. The first-order valence-electron chi connectivity index (χ1n) is 6.12. The van der Waals surface area contributed by atoms with Gasteiger partial charge in [0.1, 0.15) is 0 Å². The molecule has 7 heteroatoms. The van der Waals surface area contributed by atoms with Gasteiger partial charge in [-0.05, 0) is 42.8 Å². The summed E-state index contributed by atoms with van der Waals surface area (Å²) in [6.45, 7) is 1.92. The van der Waals surface area contributed by atoms with Gasteiger partial charge in [-0.2, -0.15) is 0 Å². The van der Waals surface area contributed by atoms with Gasteiger partial charge in [-0.15, -0.1) is 0 Å². The highest BCUT2D eigenvalue weighted by Crippen LogP contribution is 2.29. The third-order valence-corrected chi connectivity index (χ3v) is 4.72. The van der Waals surface area contributed by atoms with Crippen LogP contribution in [0.3, 0.4) is 0 Å². The molecule has 2 aromatic rings. The molecule has 0 aliphatic carbocycles. The van der Waals surface area contributed by atoms with Crippen LogP contribution < -0.4 is 10.5 Å². The Kier molecular flexibility index (Phi) is 4.93. The zero-order valence-corrected chi connectivity index (χ0v) is 14.3. The van der Waals surface area contributed by atoms with Gasteiger partial charge >= 0.3 is 0 Å². The predicted molar refractivity (Wildman–Crippen MR) is 89.0 cm³/mol. The second-order valence-corrected chi connectivity index (χ2v) is 7.49. The van der Waals surface area contributed by atoms with E-state index in [-0.39, 0.29) is 10.9 Å². The SMILES string of the molecule is CC(Nc1cc(Br)ccc1Cl)c1cccc(S(N)(=O)=O)c1. The topological polar surface area (TPSA) is 72.2 Å². The van der Waals surface area contributed by atoms with Gasteiger partial charge in [0, 0.05) is 10.5 Å². The normalized spacial score (nSPS) is 13.0. The highest BCUT2D eigenvalue weighted by molar-refractivity contribution is 9.10. The van der Waals surface area contributed by atoms with Crippen molar-refractivity contribution in [3.8, 4) is 0 Å². The van der Waals surface area contributed by atoms with E-state index in [1.54, 1.807) is 18.2 Å². The van der Waals surface area contributed by atoms with E-state index in [1.165, 1.54) is 6.07 Å². The number of hydrogen-bond donors (Lipinski definition) is 2. The minimum absolute atomic E-state index is 0.0917. The molecule has 112 valence electrons. The van der Waals surface area contributed by atoms with E-state index in [9.17, 15) is 8.42 Å². The van der Waals surface area contributed by atoms with Crippen LogP contribution in [0.2, 0.25) is 5.02 Å². The van der Waals surface area contributed by atoms with E-state index >= 15 is 0 Å². The fourth-order valence-electron chi connectivity index (χ4n) is 1.89. The molecule has 1 unspecified atom stereocenters. The lowest BCUT2D eigenvalue weighted by molar-refractivity contribution is 0.597. The van der Waals surface area contributed by atoms with Gasteiger partial charge in [-0.1, -0.05) is 39.7 Å². The van der Waals surface area contributed by atoms with Crippen molar-refractivity contribution in [2.24, 2.45) is 5.14 Å². The lowest BCUT2D eigenvalue weighted by Crippen LogP contribution is -2.13. The minimum atomic E-state index is -3.71. The van der Waals surface area contributed by atoms with Gasteiger partial charge in [0.25, 0.3) is 0 Å². The zero-order valence-electron chi connectivity index (χ0n) is 11.2.